The first-order valence-electron chi connectivity index (χ1n) is 11.5. The van der Waals surface area contributed by atoms with E-state index in [4.69, 9.17) is 9.15 Å². The molecule has 3 aromatic heterocycles. The Bertz CT molecular complexity index is 1250. The van der Waals surface area contributed by atoms with Gasteiger partial charge >= 0.3 is 0 Å². The quantitative estimate of drug-likeness (QED) is 0.327. The maximum absolute atomic E-state index is 12.9. The molecule has 0 aliphatic rings. The van der Waals surface area contributed by atoms with Crippen LogP contribution in [0.5, 0.6) is 5.75 Å². The highest BCUT2D eigenvalue weighted by molar-refractivity contribution is 5.80. The van der Waals surface area contributed by atoms with Crippen molar-refractivity contribution < 1.29 is 14.3 Å². The highest BCUT2D eigenvalue weighted by Crippen LogP contribution is 2.26. The van der Waals surface area contributed by atoms with Gasteiger partial charge in [0.05, 0.1) is 18.9 Å². The number of rotatable bonds is 12. The Kier molecular flexibility index (Phi) is 7.71. The third kappa shape index (κ3) is 5.35. The van der Waals surface area contributed by atoms with E-state index in [1.165, 1.54) is 0 Å². The van der Waals surface area contributed by atoms with Crippen molar-refractivity contribution >= 4 is 10.9 Å². The molecule has 0 aliphatic heterocycles. The summed E-state index contributed by atoms with van der Waals surface area (Å²) in [5, 5.41) is 22.7. The molecule has 0 bridgehead atoms. The fraction of sp³-hybridized carbons (Fsp3) is 0.417. The summed E-state index contributed by atoms with van der Waals surface area (Å²) in [5.74, 6) is 2.20. The van der Waals surface area contributed by atoms with Gasteiger partial charge in [-0.3, -0.25) is 9.69 Å². The fourth-order valence-corrected chi connectivity index (χ4v) is 4.16. The smallest absolute Gasteiger partial charge is 0.252 e. The molecule has 0 saturated carbocycles. The molecule has 1 atom stereocenters. The van der Waals surface area contributed by atoms with Crippen LogP contribution in [-0.2, 0) is 13.1 Å². The number of benzene rings is 1. The van der Waals surface area contributed by atoms with Crippen molar-refractivity contribution in [3.05, 3.63) is 70.2 Å². The van der Waals surface area contributed by atoms with E-state index in [0.717, 1.165) is 28.8 Å². The van der Waals surface area contributed by atoms with E-state index < -0.39 is 0 Å². The van der Waals surface area contributed by atoms with Gasteiger partial charge in [0.15, 0.2) is 5.82 Å². The molecular weight excluding hydrogens is 436 g/mol. The Balaban J connectivity index is 1.65. The number of nitrogens with one attached hydrogen (secondary N) is 1. The van der Waals surface area contributed by atoms with E-state index >= 15 is 0 Å². The number of nitrogens with zero attached hydrogens (tertiary/aromatic N) is 5. The molecule has 2 N–H and O–H groups in total. The summed E-state index contributed by atoms with van der Waals surface area (Å²) in [6.07, 6.45) is 2.91. The monoisotopic (exact) mass is 466 g/mol. The number of aromatic nitrogens is 5. The van der Waals surface area contributed by atoms with Gasteiger partial charge < -0.3 is 19.2 Å². The lowest BCUT2D eigenvalue weighted by atomic mass is 10.1. The third-order valence-electron chi connectivity index (χ3n) is 5.75. The number of ether oxygens (including phenoxy) is 1. The fourth-order valence-electron chi connectivity index (χ4n) is 4.16. The van der Waals surface area contributed by atoms with Gasteiger partial charge in [0.2, 0.25) is 0 Å². The topological polar surface area (TPSA) is 122 Å². The average molecular weight is 467 g/mol. The summed E-state index contributed by atoms with van der Waals surface area (Å²) in [4.78, 5) is 18.0. The number of aliphatic hydroxyl groups is 1. The lowest BCUT2D eigenvalue weighted by molar-refractivity contribution is 0.152. The van der Waals surface area contributed by atoms with Crippen molar-refractivity contribution in [2.75, 3.05) is 19.8 Å². The average Bonchev–Trinajstić information content (AvgIpc) is 3.51. The van der Waals surface area contributed by atoms with Crippen molar-refractivity contribution in [1.29, 1.82) is 0 Å². The minimum Gasteiger partial charge on any atom is -0.494 e. The SMILES string of the molecule is CCOc1ccc2[nH]c(=O)c(CN(CCCO)[C@@H](CC)c3nnnn3Cc3ccco3)cc2c1. The van der Waals surface area contributed by atoms with Gasteiger partial charge in [0, 0.05) is 36.2 Å². The molecule has 0 aliphatic carbocycles. The van der Waals surface area contributed by atoms with Crippen LogP contribution in [0.4, 0.5) is 0 Å². The van der Waals surface area contributed by atoms with Crippen LogP contribution in [0.3, 0.4) is 0 Å². The van der Waals surface area contributed by atoms with Crippen LogP contribution < -0.4 is 10.3 Å². The molecule has 1 aromatic carbocycles. The Labute approximate surface area is 197 Å². The summed E-state index contributed by atoms with van der Waals surface area (Å²) < 4.78 is 12.8. The molecule has 0 saturated heterocycles. The van der Waals surface area contributed by atoms with Crippen molar-refractivity contribution in [3.8, 4) is 5.75 Å². The van der Waals surface area contributed by atoms with Crippen LogP contribution in [0.2, 0.25) is 0 Å². The standard InChI is InChI=1S/C24H30N6O4/c1-3-22(23-26-27-28-30(23)16-20-7-5-12-34-20)29(10-6-11-31)15-18-13-17-14-19(33-4-2)8-9-21(17)25-24(18)32/h5,7-9,12-14,22,31H,3-4,6,10-11,15-16H2,1-2H3,(H,25,32)/t22-/m0/s1. The molecule has 4 aromatic rings. The minimum absolute atomic E-state index is 0.0517. The normalized spacial score (nSPS) is 12.5. The van der Waals surface area contributed by atoms with E-state index in [-0.39, 0.29) is 18.2 Å². The van der Waals surface area contributed by atoms with Crippen molar-refractivity contribution in [2.45, 2.75) is 45.8 Å². The largest absolute Gasteiger partial charge is 0.494 e. The van der Waals surface area contributed by atoms with E-state index in [1.807, 2.05) is 43.3 Å². The van der Waals surface area contributed by atoms with Gasteiger partial charge in [-0.1, -0.05) is 6.92 Å². The van der Waals surface area contributed by atoms with Gasteiger partial charge in [-0.2, -0.15) is 0 Å². The zero-order valence-corrected chi connectivity index (χ0v) is 19.5. The summed E-state index contributed by atoms with van der Waals surface area (Å²) in [7, 11) is 0. The molecule has 0 radical (unpaired) electrons. The zero-order valence-electron chi connectivity index (χ0n) is 19.5. The van der Waals surface area contributed by atoms with E-state index in [2.05, 4.69) is 32.3 Å². The van der Waals surface area contributed by atoms with E-state index in [1.54, 1.807) is 10.9 Å². The van der Waals surface area contributed by atoms with Crippen LogP contribution in [0.1, 0.15) is 49.9 Å². The van der Waals surface area contributed by atoms with Crippen molar-refractivity contribution in [1.82, 2.24) is 30.1 Å². The van der Waals surface area contributed by atoms with Crippen molar-refractivity contribution in [2.24, 2.45) is 0 Å². The summed E-state index contributed by atoms with van der Waals surface area (Å²) in [6, 6.07) is 11.1. The third-order valence-corrected chi connectivity index (χ3v) is 5.75. The Morgan fingerprint density at radius 3 is 2.88 bits per heavy atom. The Morgan fingerprint density at radius 2 is 2.15 bits per heavy atom. The van der Waals surface area contributed by atoms with Crippen LogP contribution in [0, 0.1) is 0 Å². The van der Waals surface area contributed by atoms with Crippen LogP contribution in [-0.4, -0.2) is 55.0 Å². The summed E-state index contributed by atoms with van der Waals surface area (Å²) >= 11 is 0. The van der Waals surface area contributed by atoms with Gasteiger partial charge in [-0.05, 0) is 66.6 Å². The second kappa shape index (κ2) is 11.1. The number of aliphatic hydroxyl groups excluding tert-OH is 1. The molecule has 0 unspecified atom stereocenters. The van der Waals surface area contributed by atoms with E-state index in [0.29, 0.717) is 44.0 Å². The maximum atomic E-state index is 12.9. The number of tetrazole rings is 1. The molecule has 34 heavy (non-hydrogen) atoms. The van der Waals surface area contributed by atoms with Gasteiger partial charge in [-0.25, -0.2) is 4.68 Å². The number of fused-ring (bicyclic) bond motifs is 1. The first-order chi connectivity index (χ1) is 16.6. The molecule has 180 valence electrons. The molecule has 4 rings (SSSR count). The molecule has 10 nitrogen and oxygen atoms in total. The number of aromatic amines is 1. The van der Waals surface area contributed by atoms with Crippen LogP contribution in [0.25, 0.3) is 10.9 Å². The van der Waals surface area contributed by atoms with E-state index in [9.17, 15) is 9.90 Å². The predicted molar refractivity (Wildman–Crippen MR) is 127 cm³/mol. The lowest BCUT2D eigenvalue weighted by Crippen LogP contribution is -2.34. The number of furan rings is 1. The number of hydrogen-bond donors (Lipinski definition) is 2. The lowest BCUT2D eigenvalue weighted by Gasteiger charge is -2.30. The Morgan fingerprint density at radius 1 is 1.26 bits per heavy atom. The highest BCUT2D eigenvalue weighted by Gasteiger charge is 2.26. The molecule has 0 spiro atoms. The number of pyridine rings is 1. The van der Waals surface area contributed by atoms with Crippen molar-refractivity contribution in [3.63, 3.8) is 0 Å². The van der Waals surface area contributed by atoms with Gasteiger partial charge in [-0.15, -0.1) is 5.10 Å². The molecular formula is C24H30N6O4. The van der Waals surface area contributed by atoms with Crippen LogP contribution >= 0.6 is 0 Å². The van der Waals surface area contributed by atoms with Gasteiger partial charge in [0.25, 0.3) is 5.56 Å². The van der Waals surface area contributed by atoms with Gasteiger partial charge in [0.1, 0.15) is 18.1 Å². The number of hydrogen-bond acceptors (Lipinski definition) is 8. The Hall–Kier alpha value is -3.50. The molecule has 10 heteroatoms. The first-order valence-corrected chi connectivity index (χ1v) is 11.5. The summed E-state index contributed by atoms with van der Waals surface area (Å²) in [5.41, 5.74) is 1.24. The highest BCUT2D eigenvalue weighted by atomic mass is 16.5. The second-order valence-corrected chi connectivity index (χ2v) is 8.05. The molecule has 0 fully saturated rings. The summed E-state index contributed by atoms with van der Waals surface area (Å²) in [6.45, 7) is 6.00. The minimum atomic E-state index is -0.152. The predicted octanol–water partition coefficient (Wildman–Crippen LogP) is 2.89. The zero-order chi connectivity index (χ0) is 23.9. The van der Waals surface area contributed by atoms with Crippen LogP contribution in [0.15, 0.2) is 51.9 Å². The maximum Gasteiger partial charge on any atom is 0.252 e. The number of H-pyrrole nitrogens is 1. The molecule has 3 heterocycles. The molecule has 0 amide bonds. The first kappa shape index (κ1) is 23.7. The second-order valence-electron chi connectivity index (χ2n) is 8.05.